The standard InChI is InChI=1S/C47H82N2O3S/c1-3-5-7-9-11-13-15-17-19-21-23-25-27-29-31-33-37-41(44(50)51)47(46(52)53,45-48-42-38-34-35-39-43(42)49-45)40-36-32-30-28-26-24-22-20-18-16-14-12-10-8-6-4-2/h34-35,38-39,41H,3-33,36-37,40H2,1-2H3,(H,48,49)(H,50,51)(H,52,53). The van der Waals surface area contributed by atoms with Gasteiger partial charge in [-0.1, -0.05) is 231 Å². The summed E-state index contributed by atoms with van der Waals surface area (Å²) in [6, 6.07) is 7.77. The molecule has 3 N–H and O–H groups in total. The molecule has 2 unspecified atom stereocenters. The van der Waals surface area contributed by atoms with Crippen LogP contribution in [0.25, 0.3) is 11.0 Å². The van der Waals surface area contributed by atoms with E-state index in [2.05, 4.69) is 18.8 Å². The highest BCUT2D eigenvalue weighted by molar-refractivity contribution is 7.80. The molecule has 0 aliphatic rings. The minimum absolute atomic E-state index is 0.235. The zero-order valence-corrected chi connectivity index (χ0v) is 35.4. The van der Waals surface area contributed by atoms with Crippen molar-refractivity contribution in [2.24, 2.45) is 5.92 Å². The second kappa shape index (κ2) is 31.3. The van der Waals surface area contributed by atoms with Crippen molar-refractivity contribution in [3.05, 3.63) is 30.1 Å². The lowest BCUT2D eigenvalue weighted by atomic mass is 9.69. The maximum Gasteiger partial charge on any atom is 0.308 e. The first kappa shape index (κ1) is 47.2. The molecule has 0 bridgehead atoms. The number of H-pyrrole nitrogens is 1. The molecule has 2 aromatic rings. The van der Waals surface area contributed by atoms with Gasteiger partial charge in [0.2, 0.25) is 0 Å². The van der Waals surface area contributed by atoms with E-state index >= 15 is 0 Å². The summed E-state index contributed by atoms with van der Waals surface area (Å²) in [4.78, 5) is 21.2. The van der Waals surface area contributed by atoms with E-state index in [9.17, 15) is 15.0 Å². The number of nitrogens with zero attached hydrogens (tertiary/aromatic N) is 1. The molecule has 0 saturated carbocycles. The molecule has 0 amide bonds. The van der Waals surface area contributed by atoms with Gasteiger partial charge in [-0.05, 0) is 37.2 Å². The Bertz CT molecular complexity index is 1150. The number of fused-ring (bicyclic) bond motifs is 1. The van der Waals surface area contributed by atoms with Gasteiger partial charge in [-0.3, -0.25) is 4.79 Å². The number of imidazole rings is 1. The summed E-state index contributed by atoms with van der Waals surface area (Å²) in [6.07, 6.45) is 42.1. The summed E-state index contributed by atoms with van der Waals surface area (Å²) in [5.41, 5.74) is 0.425. The minimum atomic E-state index is -1.20. The highest BCUT2D eigenvalue weighted by Gasteiger charge is 2.50. The van der Waals surface area contributed by atoms with Crippen molar-refractivity contribution in [3.63, 3.8) is 0 Å². The first-order valence-electron chi connectivity index (χ1n) is 22.9. The van der Waals surface area contributed by atoms with Gasteiger partial charge < -0.3 is 15.2 Å². The number of aromatic amines is 1. The van der Waals surface area contributed by atoms with Crippen molar-refractivity contribution >= 4 is 34.3 Å². The normalized spacial score (nSPS) is 13.4. The van der Waals surface area contributed by atoms with E-state index in [0.717, 1.165) is 49.6 Å². The number of aliphatic carboxylic acids is 1. The molecule has 6 heteroatoms. The van der Waals surface area contributed by atoms with Crippen LogP contribution in [0.2, 0.25) is 0 Å². The molecule has 0 radical (unpaired) electrons. The van der Waals surface area contributed by atoms with Crippen LogP contribution in [-0.2, 0) is 10.2 Å². The van der Waals surface area contributed by atoms with Crippen molar-refractivity contribution in [2.75, 3.05) is 0 Å². The molecule has 0 spiro atoms. The molecule has 2 rings (SSSR count). The smallest absolute Gasteiger partial charge is 0.308 e. The molecule has 0 saturated heterocycles. The van der Waals surface area contributed by atoms with Crippen LogP contribution in [-0.4, -0.2) is 31.2 Å². The predicted molar refractivity (Wildman–Crippen MR) is 232 cm³/mol. The third kappa shape index (κ3) is 20.0. The summed E-state index contributed by atoms with van der Waals surface area (Å²) in [5.74, 6) is -1.20. The molecular weight excluding hydrogens is 673 g/mol. The Hall–Kier alpha value is -1.95. The van der Waals surface area contributed by atoms with Gasteiger partial charge in [-0.15, -0.1) is 0 Å². The highest BCUT2D eigenvalue weighted by Crippen LogP contribution is 2.41. The fourth-order valence-corrected chi connectivity index (χ4v) is 8.75. The Morgan fingerprint density at radius 3 is 1.30 bits per heavy atom. The molecule has 304 valence electrons. The number of hydrogen-bond donors (Lipinski definition) is 3. The second-order valence-corrected chi connectivity index (χ2v) is 16.8. The van der Waals surface area contributed by atoms with Gasteiger partial charge in [0.1, 0.15) is 11.2 Å². The summed E-state index contributed by atoms with van der Waals surface area (Å²) in [5, 5.41) is 21.6. The van der Waals surface area contributed by atoms with Gasteiger partial charge in [-0.25, -0.2) is 4.98 Å². The molecule has 1 heterocycles. The number of carboxylic acids is 1. The summed E-state index contributed by atoms with van der Waals surface area (Å²) in [7, 11) is 0. The molecule has 0 fully saturated rings. The zero-order valence-electron chi connectivity index (χ0n) is 34.6. The number of aliphatic hydroxyl groups is 1. The summed E-state index contributed by atoms with van der Waals surface area (Å²) >= 11 is 5.57. The topological polar surface area (TPSA) is 86.2 Å². The van der Waals surface area contributed by atoms with Crippen molar-refractivity contribution in [1.29, 1.82) is 0 Å². The van der Waals surface area contributed by atoms with Crippen molar-refractivity contribution in [2.45, 2.75) is 238 Å². The number of unbranched alkanes of at least 4 members (excludes halogenated alkanes) is 30. The number of carbonyl (C=O) groups is 1. The van der Waals surface area contributed by atoms with Crippen LogP contribution >= 0.6 is 12.2 Å². The van der Waals surface area contributed by atoms with E-state index in [4.69, 9.17) is 17.2 Å². The number of thiocarbonyl (C=S) groups is 1. The monoisotopic (exact) mass is 755 g/mol. The molecule has 0 aliphatic carbocycles. The van der Waals surface area contributed by atoms with Crippen molar-refractivity contribution < 1.29 is 15.0 Å². The quantitative estimate of drug-likeness (QED) is 0.0469. The summed E-state index contributed by atoms with van der Waals surface area (Å²) in [6.45, 7) is 4.56. The van der Waals surface area contributed by atoms with Crippen LogP contribution < -0.4 is 0 Å². The van der Waals surface area contributed by atoms with E-state index in [-0.39, 0.29) is 5.05 Å². The predicted octanol–water partition coefficient (Wildman–Crippen LogP) is 15.7. The number of nitrogens with one attached hydrogen (secondary N) is 1. The molecule has 5 nitrogen and oxygen atoms in total. The van der Waals surface area contributed by atoms with Crippen LogP contribution in [0.1, 0.15) is 238 Å². The Labute approximate surface area is 331 Å². The maximum atomic E-state index is 13.0. The third-order valence-corrected chi connectivity index (χ3v) is 12.2. The van der Waals surface area contributed by atoms with Gasteiger partial charge in [0.05, 0.1) is 17.0 Å². The molecule has 0 aliphatic heterocycles. The number of aromatic nitrogens is 2. The largest absolute Gasteiger partial charge is 0.501 e. The molecule has 53 heavy (non-hydrogen) atoms. The third-order valence-electron chi connectivity index (χ3n) is 11.9. The van der Waals surface area contributed by atoms with E-state index in [1.807, 2.05) is 24.3 Å². The Morgan fingerprint density at radius 1 is 0.585 bits per heavy atom. The van der Waals surface area contributed by atoms with Gasteiger partial charge in [0.25, 0.3) is 0 Å². The van der Waals surface area contributed by atoms with E-state index in [0.29, 0.717) is 18.7 Å². The second-order valence-electron chi connectivity index (χ2n) is 16.4. The van der Waals surface area contributed by atoms with Gasteiger partial charge in [0.15, 0.2) is 5.05 Å². The molecule has 2 atom stereocenters. The van der Waals surface area contributed by atoms with Crippen LogP contribution in [0.3, 0.4) is 0 Å². The maximum absolute atomic E-state index is 13.0. The van der Waals surface area contributed by atoms with Gasteiger partial charge in [0, 0.05) is 0 Å². The fraction of sp³-hybridized carbons (Fsp3) is 0.809. The first-order valence-corrected chi connectivity index (χ1v) is 23.3. The molecule has 1 aromatic heterocycles. The van der Waals surface area contributed by atoms with Gasteiger partial charge in [-0.2, -0.15) is 0 Å². The van der Waals surface area contributed by atoms with Crippen LogP contribution in [0.4, 0.5) is 0 Å². The number of benzene rings is 1. The van der Waals surface area contributed by atoms with E-state index < -0.39 is 17.3 Å². The van der Waals surface area contributed by atoms with Gasteiger partial charge >= 0.3 is 5.97 Å². The molecule has 1 aromatic carbocycles. The number of carboxylic acid groups (broad SMARTS) is 1. The Balaban J connectivity index is 1.77. The SMILES string of the molecule is CCCCCCCCCCCCCCCCCCC(C(=O)O)C(CCCCCCCCCCCCCCCCCC)(C(O)=S)c1nc2ccccc2[nH]1. The lowest BCUT2D eigenvalue weighted by Gasteiger charge is -2.35. The number of hydrogen-bond acceptors (Lipinski definition) is 3. The van der Waals surface area contributed by atoms with Crippen molar-refractivity contribution in [3.8, 4) is 0 Å². The summed E-state index contributed by atoms with van der Waals surface area (Å²) < 4.78 is 0. The van der Waals surface area contributed by atoms with Crippen LogP contribution in [0.15, 0.2) is 24.3 Å². The first-order chi connectivity index (χ1) is 26.0. The Morgan fingerprint density at radius 2 is 0.943 bits per heavy atom. The van der Waals surface area contributed by atoms with E-state index in [1.165, 1.54) is 167 Å². The number of para-hydroxylation sites is 2. The lowest BCUT2D eigenvalue weighted by Crippen LogP contribution is -2.47. The van der Waals surface area contributed by atoms with E-state index in [1.54, 1.807) is 0 Å². The minimum Gasteiger partial charge on any atom is -0.501 e. The molecular formula is C47H82N2O3S. The van der Waals surface area contributed by atoms with Crippen molar-refractivity contribution in [1.82, 2.24) is 9.97 Å². The number of rotatable bonds is 38. The lowest BCUT2D eigenvalue weighted by molar-refractivity contribution is -0.144. The Kier molecular flexibility index (Phi) is 27.9. The van der Waals surface area contributed by atoms with Crippen LogP contribution in [0, 0.1) is 5.92 Å². The fourth-order valence-electron chi connectivity index (χ4n) is 8.41. The average molecular weight is 755 g/mol. The average Bonchev–Trinajstić information content (AvgIpc) is 3.59. The highest BCUT2D eigenvalue weighted by atomic mass is 32.1. The number of aliphatic hydroxyl groups excluding tert-OH is 1. The zero-order chi connectivity index (χ0) is 38.2. The van der Waals surface area contributed by atoms with Crippen LogP contribution in [0.5, 0.6) is 0 Å².